The smallest absolute Gasteiger partial charge is 0.307 e. The average molecular weight is 324 g/mol. The Bertz CT molecular complexity index is 647. The molecule has 0 bridgehead atoms. The summed E-state index contributed by atoms with van der Waals surface area (Å²) in [7, 11) is 0. The summed E-state index contributed by atoms with van der Waals surface area (Å²) < 4.78 is 0. The molecule has 2 saturated carbocycles. The molecule has 0 unspecified atom stereocenters. The van der Waals surface area contributed by atoms with Crippen LogP contribution in [-0.2, 0) is 9.59 Å². The maximum atomic E-state index is 10.5. The Hall–Kier alpha value is -2.62. The van der Waals surface area contributed by atoms with Crippen molar-refractivity contribution >= 4 is 11.9 Å². The molecular formula is C20H20O4. The van der Waals surface area contributed by atoms with E-state index in [1.54, 1.807) is 0 Å². The quantitative estimate of drug-likeness (QED) is 0.898. The maximum Gasteiger partial charge on any atom is 0.307 e. The molecule has 2 aliphatic carbocycles. The van der Waals surface area contributed by atoms with Crippen molar-refractivity contribution in [2.45, 2.75) is 24.7 Å². The fourth-order valence-electron chi connectivity index (χ4n) is 3.07. The monoisotopic (exact) mass is 324 g/mol. The molecule has 0 radical (unpaired) electrons. The number of carbonyl (C=O) groups is 2. The highest BCUT2D eigenvalue weighted by molar-refractivity contribution is 5.75. The Morgan fingerprint density at radius 2 is 1.00 bits per heavy atom. The average Bonchev–Trinajstić information content (AvgIpc) is 3.49. The molecule has 2 fully saturated rings. The van der Waals surface area contributed by atoms with Crippen molar-refractivity contribution in [3.8, 4) is 0 Å². The summed E-state index contributed by atoms with van der Waals surface area (Å²) in [5, 5.41) is 17.4. The molecule has 2 aromatic carbocycles. The van der Waals surface area contributed by atoms with Crippen molar-refractivity contribution in [3.05, 3.63) is 71.8 Å². The zero-order valence-corrected chi connectivity index (χ0v) is 13.2. The van der Waals surface area contributed by atoms with Crippen molar-refractivity contribution in [1.29, 1.82) is 0 Å². The van der Waals surface area contributed by atoms with Gasteiger partial charge in [0.05, 0.1) is 11.8 Å². The van der Waals surface area contributed by atoms with Crippen LogP contribution < -0.4 is 0 Å². The summed E-state index contributed by atoms with van der Waals surface area (Å²) in [6, 6.07) is 19.7. The van der Waals surface area contributed by atoms with E-state index >= 15 is 0 Å². The largest absolute Gasteiger partial charge is 0.481 e. The van der Waals surface area contributed by atoms with Gasteiger partial charge < -0.3 is 10.2 Å². The van der Waals surface area contributed by atoms with Gasteiger partial charge in [-0.2, -0.15) is 0 Å². The molecule has 2 aliphatic rings. The Labute approximate surface area is 140 Å². The first-order valence-electron chi connectivity index (χ1n) is 8.13. The molecule has 4 atom stereocenters. The number of aliphatic carboxylic acids is 2. The van der Waals surface area contributed by atoms with E-state index < -0.39 is 11.9 Å². The van der Waals surface area contributed by atoms with Gasteiger partial charge in [0.15, 0.2) is 0 Å². The van der Waals surface area contributed by atoms with Crippen LogP contribution in [0, 0.1) is 11.8 Å². The maximum absolute atomic E-state index is 10.5. The van der Waals surface area contributed by atoms with Gasteiger partial charge >= 0.3 is 11.9 Å². The summed E-state index contributed by atoms with van der Waals surface area (Å²) in [6.45, 7) is 0. The van der Waals surface area contributed by atoms with E-state index in [1.165, 1.54) is 0 Å². The van der Waals surface area contributed by atoms with Crippen LogP contribution in [0.25, 0.3) is 0 Å². The minimum Gasteiger partial charge on any atom is -0.481 e. The molecular weight excluding hydrogens is 304 g/mol. The predicted octanol–water partition coefficient (Wildman–Crippen LogP) is 3.75. The summed E-state index contributed by atoms with van der Waals surface area (Å²) in [6.07, 6.45) is 1.61. The molecule has 0 heterocycles. The van der Waals surface area contributed by atoms with E-state index in [-0.39, 0.29) is 23.7 Å². The van der Waals surface area contributed by atoms with Gasteiger partial charge in [-0.05, 0) is 35.8 Å². The third-order valence-corrected chi connectivity index (χ3v) is 4.67. The van der Waals surface area contributed by atoms with Gasteiger partial charge in [0.2, 0.25) is 0 Å². The second kappa shape index (κ2) is 6.87. The second-order valence-electron chi connectivity index (χ2n) is 6.40. The van der Waals surface area contributed by atoms with Gasteiger partial charge in [-0.3, -0.25) is 9.59 Å². The van der Waals surface area contributed by atoms with Crippen LogP contribution in [0.3, 0.4) is 0 Å². The van der Waals surface area contributed by atoms with E-state index in [2.05, 4.69) is 0 Å². The van der Waals surface area contributed by atoms with Gasteiger partial charge in [-0.15, -0.1) is 0 Å². The molecule has 2 aromatic rings. The SMILES string of the molecule is O=C(O)[C@H]1C[C@@H]1c1ccccc1.O=C(O)[C@H]1C[C@@H]1c1ccccc1. The fraction of sp³-hybridized carbons (Fsp3) is 0.300. The highest BCUT2D eigenvalue weighted by atomic mass is 16.4. The Morgan fingerprint density at radius 1 is 0.667 bits per heavy atom. The highest BCUT2D eigenvalue weighted by Crippen LogP contribution is 2.47. The lowest BCUT2D eigenvalue weighted by Crippen LogP contribution is -1.98. The normalized spacial score (nSPS) is 26.7. The van der Waals surface area contributed by atoms with Crippen LogP contribution in [0.2, 0.25) is 0 Å². The Kier molecular flexibility index (Phi) is 4.65. The van der Waals surface area contributed by atoms with Crippen LogP contribution >= 0.6 is 0 Å². The molecule has 124 valence electrons. The molecule has 0 saturated heterocycles. The highest BCUT2D eigenvalue weighted by Gasteiger charge is 2.44. The lowest BCUT2D eigenvalue weighted by atomic mass is 10.1. The zero-order chi connectivity index (χ0) is 17.1. The standard InChI is InChI=1S/2C10H10O2/c2*11-10(12)9-6-8(9)7-4-2-1-3-5-7/h2*1-5,8-9H,6H2,(H,11,12)/t2*8-,9+/m11/s1. The third kappa shape index (κ3) is 3.82. The molecule has 0 aromatic heterocycles. The number of rotatable bonds is 4. The second-order valence-corrected chi connectivity index (χ2v) is 6.40. The van der Waals surface area contributed by atoms with Gasteiger partial charge in [0, 0.05) is 0 Å². The van der Waals surface area contributed by atoms with E-state index in [1.807, 2.05) is 60.7 Å². The number of hydrogen-bond acceptors (Lipinski definition) is 2. The summed E-state index contributed by atoms with van der Waals surface area (Å²) >= 11 is 0. The Balaban J connectivity index is 0.000000141. The Morgan fingerprint density at radius 3 is 1.25 bits per heavy atom. The van der Waals surface area contributed by atoms with Crippen LogP contribution in [0.4, 0.5) is 0 Å². The number of hydrogen-bond donors (Lipinski definition) is 2. The van der Waals surface area contributed by atoms with Gasteiger partial charge in [-0.25, -0.2) is 0 Å². The van der Waals surface area contributed by atoms with Crippen LogP contribution in [0.15, 0.2) is 60.7 Å². The van der Waals surface area contributed by atoms with E-state index in [4.69, 9.17) is 10.2 Å². The van der Waals surface area contributed by atoms with E-state index in [9.17, 15) is 9.59 Å². The first-order valence-corrected chi connectivity index (χ1v) is 8.13. The first kappa shape index (κ1) is 16.2. The lowest BCUT2D eigenvalue weighted by Gasteiger charge is -1.95. The molecule has 4 heteroatoms. The van der Waals surface area contributed by atoms with Gasteiger partial charge in [0.1, 0.15) is 0 Å². The van der Waals surface area contributed by atoms with Crippen molar-refractivity contribution < 1.29 is 19.8 Å². The topological polar surface area (TPSA) is 74.6 Å². The summed E-state index contributed by atoms with van der Waals surface area (Å²) in [5.41, 5.74) is 2.31. The fourth-order valence-corrected chi connectivity index (χ4v) is 3.07. The minimum absolute atomic E-state index is 0.132. The number of carboxylic acid groups (broad SMARTS) is 2. The van der Waals surface area contributed by atoms with Crippen molar-refractivity contribution in [1.82, 2.24) is 0 Å². The van der Waals surface area contributed by atoms with Crippen molar-refractivity contribution in [2.24, 2.45) is 11.8 Å². The molecule has 0 aliphatic heterocycles. The van der Waals surface area contributed by atoms with Crippen LogP contribution in [-0.4, -0.2) is 22.2 Å². The van der Waals surface area contributed by atoms with Crippen molar-refractivity contribution in [2.75, 3.05) is 0 Å². The number of benzene rings is 2. The zero-order valence-electron chi connectivity index (χ0n) is 13.2. The molecule has 4 nitrogen and oxygen atoms in total. The van der Waals surface area contributed by atoms with Crippen molar-refractivity contribution in [3.63, 3.8) is 0 Å². The third-order valence-electron chi connectivity index (χ3n) is 4.67. The molecule has 4 rings (SSSR count). The van der Waals surface area contributed by atoms with Gasteiger partial charge in [0.25, 0.3) is 0 Å². The summed E-state index contributed by atoms with van der Waals surface area (Å²) in [5.74, 6) is -1.06. The first-order chi connectivity index (χ1) is 11.6. The van der Waals surface area contributed by atoms with E-state index in [0.29, 0.717) is 0 Å². The molecule has 24 heavy (non-hydrogen) atoms. The molecule has 2 N–H and O–H groups in total. The molecule has 0 amide bonds. The van der Waals surface area contributed by atoms with E-state index in [0.717, 1.165) is 24.0 Å². The summed E-state index contributed by atoms with van der Waals surface area (Å²) in [4.78, 5) is 21.1. The molecule has 0 spiro atoms. The lowest BCUT2D eigenvalue weighted by molar-refractivity contribution is -0.139. The number of carboxylic acids is 2. The predicted molar refractivity (Wildman–Crippen MR) is 89.9 cm³/mol. The van der Waals surface area contributed by atoms with Gasteiger partial charge in [-0.1, -0.05) is 60.7 Å². The van der Waals surface area contributed by atoms with Crippen LogP contribution in [0.5, 0.6) is 0 Å². The van der Waals surface area contributed by atoms with Crippen LogP contribution in [0.1, 0.15) is 35.8 Å². The minimum atomic E-state index is -0.663.